The summed E-state index contributed by atoms with van der Waals surface area (Å²) >= 11 is 0. The topological polar surface area (TPSA) is 62.1 Å². The molecule has 0 spiro atoms. The van der Waals surface area contributed by atoms with E-state index in [-0.39, 0.29) is 28.9 Å². The molecule has 0 aromatic heterocycles. The molecular weight excluding hydrogens is 381 g/mol. The van der Waals surface area contributed by atoms with Crippen LogP contribution in [-0.4, -0.2) is 67.8 Å². The van der Waals surface area contributed by atoms with Gasteiger partial charge in [-0.25, -0.2) is 12.8 Å². The molecule has 0 aliphatic carbocycles. The van der Waals surface area contributed by atoms with E-state index in [0.29, 0.717) is 26.2 Å². The van der Waals surface area contributed by atoms with Crippen LogP contribution in [0.3, 0.4) is 0 Å². The van der Waals surface area contributed by atoms with Crippen LogP contribution in [0, 0.1) is 5.82 Å². The highest BCUT2D eigenvalue weighted by molar-refractivity contribution is 7.89. The van der Waals surface area contributed by atoms with Gasteiger partial charge < -0.3 is 9.80 Å². The summed E-state index contributed by atoms with van der Waals surface area (Å²) in [4.78, 5) is 16.4. The predicted molar refractivity (Wildman–Crippen MR) is 105 cm³/mol. The van der Waals surface area contributed by atoms with E-state index in [1.165, 1.54) is 16.4 Å². The Balaban J connectivity index is 1.63. The van der Waals surface area contributed by atoms with E-state index >= 15 is 0 Å². The molecule has 2 saturated heterocycles. The number of hydrogen-bond acceptors (Lipinski definition) is 3. The fourth-order valence-corrected chi connectivity index (χ4v) is 5.90. The van der Waals surface area contributed by atoms with Gasteiger partial charge in [-0.3, -0.25) is 4.79 Å². The smallest absolute Gasteiger partial charge is 0.281 e. The average Bonchev–Trinajstić information content (AvgIpc) is 2.67. The summed E-state index contributed by atoms with van der Waals surface area (Å²) in [5.74, 6) is -0.286. The number of rotatable bonds is 4. The number of piperazine rings is 1. The summed E-state index contributed by atoms with van der Waals surface area (Å²) in [6.45, 7) is 8.07. The van der Waals surface area contributed by atoms with E-state index in [9.17, 15) is 17.6 Å². The zero-order chi connectivity index (χ0) is 20.5. The lowest BCUT2D eigenvalue weighted by Crippen LogP contribution is -3.19. The summed E-state index contributed by atoms with van der Waals surface area (Å²) < 4.78 is 40.1. The number of carbonyl (C=O) groups is 1. The fourth-order valence-electron chi connectivity index (χ4n) is 4.46. The molecule has 2 heterocycles. The zero-order valence-corrected chi connectivity index (χ0v) is 17.7. The van der Waals surface area contributed by atoms with Gasteiger partial charge in [0.05, 0.1) is 31.1 Å². The van der Waals surface area contributed by atoms with Crippen LogP contribution in [0.15, 0.2) is 29.2 Å². The van der Waals surface area contributed by atoms with Crippen LogP contribution >= 0.6 is 0 Å². The number of sulfonamides is 1. The Morgan fingerprint density at radius 1 is 1.11 bits per heavy atom. The highest BCUT2D eigenvalue weighted by atomic mass is 32.2. The highest BCUT2D eigenvalue weighted by Crippen LogP contribution is 2.23. The van der Waals surface area contributed by atoms with Crippen LogP contribution in [0.5, 0.6) is 0 Å². The van der Waals surface area contributed by atoms with Crippen molar-refractivity contribution in [1.82, 2.24) is 9.21 Å². The van der Waals surface area contributed by atoms with Crippen LogP contribution in [0.2, 0.25) is 0 Å². The lowest BCUT2D eigenvalue weighted by molar-refractivity contribution is -0.918. The number of hydrogen-bond donors (Lipinski definition) is 1. The second-order valence-electron chi connectivity index (χ2n) is 8.11. The summed E-state index contributed by atoms with van der Waals surface area (Å²) in [6, 6.07) is 5.27. The van der Waals surface area contributed by atoms with Gasteiger partial charge in [0, 0.05) is 12.1 Å². The maximum Gasteiger partial charge on any atom is 0.281 e. The molecule has 0 unspecified atom stereocenters. The highest BCUT2D eigenvalue weighted by Gasteiger charge is 2.39. The molecule has 3 atom stereocenters. The maximum atomic E-state index is 13.1. The third kappa shape index (κ3) is 4.23. The molecule has 2 aliphatic heterocycles. The van der Waals surface area contributed by atoms with Gasteiger partial charge in [0.15, 0.2) is 6.04 Å². The fraction of sp³-hybridized carbons (Fsp3) is 0.650. The minimum absolute atomic E-state index is 0.109. The number of nitrogens with zero attached hydrogens (tertiary/aromatic N) is 2. The van der Waals surface area contributed by atoms with Crippen LogP contribution in [0.1, 0.15) is 40.0 Å². The Bertz CT molecular complexity index is 781. The number of quaternary nitrogens is 1. The Kier molecular flexibility index (Phi) is 6.41. The Labute approximate surface area is 167 Å². The summed E-state index contributed by atoms with van der Waals surface area (Å²) in [5.41, 5.74) is 0. The first-order valence-electron chi connectivity index (χ1n) is 10.1. The molecule has 28 heavy (non-hydrogen) atoms. The van der Waals surface area contributed by atoms with Gasteiger partial charge in [0.2, 0.25) is 10.0 Å². The van der Waals surface area contributed by atoms with E-state index in [4.69, 9.17) is 0 Å². The van der Waals surface area contributed by atoms with Gasteiger partial charge in [-0.05, 0) is 64.3 Å². The second kappa shape index (κ2) is 8.47. The largest absolute Gasteiger partial charge is 0.332 e. The van der Waals surface area contributed by atoms with Gasteiger partial charge >= 0.3 is 0 Å². The standard InChI is InChI=1S/C20H30FN3O3S/c1-15-5-4-6-16(2)24(15)20(25)17(3)22-11-13-23(14-12-22)28(26,27)19-9-7-18(21)8-10-19/h7-10,15-17H,4-6,11-14H2,1-3H3/p+1/t15-,16+,17-/m1/s1. The first kappa shape index (κ1) is 21.2. The minimum Gasteiger partial charge on any atom is -0.332 e. The van der Waals surface area contributed by atoms with Crippen molar-refractivity contribution in [2.24, 2.45) is 0 Å². The van der Waals surface area contributed by atoms with Gasteiger partial charge in [-0.2, -0.15) is 4.31 Å². The quantitative estimate of drug-likeness (QED) is 0.799. The summed E-state index contributed by atoms with van der Waals surface area (Å²) in [5, 5.41) is 0. The van der Waals surface area contributed by atoms with Gasteiger partial charge in [0.1, 0.15) is 5.82 Å². The molecule has 6 nitrogen and oxygen atoms in total. The number of piperidine rings is 1. The van der Waals surface area contributed by atoms with Crippen LogP contribution in [0.4, 0.5) is 4.39 Å². The zero-order valence-electron chi connectivity index (χ0n) is 16.9. The first-order chi connectivity index (χ1) is 13.2. The van der Waals surface area contributed by atoms with Crippen LogP contribution in [0.25, 0.3) is 0 Å². The van der Waals surface area contributed by atoms with Crippen molar-refractivity contribution in [3.63, 3.8) is 0 Å². The Morgan fingerprint density at radius 2 is 1.64 bits per heavy atom. The molecule has 3 rings (SSSR count). The van der Waals surface area contributed by atoms with Gasteiger partial charge in [-0.15, -0.1) is 0 Å². The summed E-state index contributed by atoms with van der Waals surface area (Å²) in [6.07, 6.45) is 3.25. The summed E-state index contributed by atoms with van der Waals surface area (Å²) in [7, 11) is -3.63. The van der Waals surface area contributed by atoms with Crippen molar-refractivity contribution in [2.75, 3.05) is 26.2 Å². The molecule has 0 bridgehead atoms. The Hall–Kier alpha value is -1.51. The third-order valence-electron chi connectivity index (χ3n) is 6.25. The molecule has 8 heteroatoms. The van der Waals surface area contributed by atoms with E-state index in [1.807, 2.05) is 11.8 Å². The monoisotopic (exact) mass is 412 g/mol. The van der Waals surface area contributed by atoms with E-state index < -0.39 is 15.8 Å². The molecular formula is C20H31FN3O3S+. The van der Waals surface area contributed by atoms with Crippen molar-refractivity contribution in [3.05, 3.63) is 30.1 Å². The van der Waals surface area contributed by atoms with Crippen LogP contribution < -0.4 is 4.90 Å². The van der Waals surface area contributed by atoms with Gasteiger partial charge in [-0.1, -0.05) is 0 Å². The molecule has 2 fully saturated rings. The predicted octanol–water partition coefficient (Wildman–Crippen LogP) is 0.893. The minimum atomic E-state index is -3.63. The van der Waals surface area contributed by atoms with E-state index in [2.05, 4.69) is 13.8 Å². The van der Waals surface area contributed by atoms with Crippen molar-refractivity contribution in [3.8, 4) is 0 Å². The molecule has 1 aromatic carbocycles. The Morgan fingerprint density at radius 3 is 2.18 bits per heavy atom. The molecule has 2 aliphatic rings. The number of halogens is 1. The molecule has 1 amide bonds. The molecule has 1 N–H and O–H groups in total. The molecule has 156 valence electrons. The second-order valence-corrected chi connectivity index (χ2v) is 10.1. The van der Waals surface area contributed by atoms with Crippen LogP contribution in [-0.2, 0) is 14.8 Å². The third-order valence-corrected chi connectivity index (χ3v) is 8.16. The van der Waals surface area contributed by atoms with E-state index in [0.717, 1.165) is 36.3 Å². The number of benzene rings is 1. The van der Waals surface area contributed by atoms with Crippen molar-refractivity contribution in [1.29, 1.82) is 0 Å². The number of likely N-dealkylation sites (tertiary alicyclic amines) is 1. The van der Waals surface area contributed by atoms with Crippen molar-refractivity contribution >= 4 is 15.9 Å². The number of nitrogens with one attached hydrogen (secondary N) is 1. The van der Waals surface area contributed by atoms with Gasteiger partial charge in [0.25, 0.3) is 5.91 Å². The lowest BCUT2D eigenvalue weighted by Gasteiger charge is -2.42. The van der Waals surface area contributed by atoms with Crippen molar-refractivity contribution in [2.45, 2.75) is 63.1 Å². The normalized spacial score (nSPS) is 26.2. The first-order valence-corrected chi connectivity index (χ1v) is 11.6. The van der Waals surface area contributed by atoms with Crippen molar-refractivity contribution < 1.29 is 22.5 Å². The number of carbonyl (C=O) groups excluding carboxylic acids is 1. The SMILES string of the molecule is C[C@@H]1CCC[C@H](C)N1C(=O)[C@@H](C)[NH+]1CCN(S(=O)(=O)c2ccc(F)cc2)CC1. The lowest BCUT2D eigenvalue weighted by atomic mass is 9.96. The average molecular weight is 413 g/mol. The molecule has 0 radical (unpaired) electrons. The maximum absolute atomic E-state index is 13.1. The van der Waals surface area contributed by atoms with E-state index in [1.54, 1.807) is 0 Å². The number of amides is 1. The molecule has 1 aromatic rings. The molecule has 0 saturated carbocycles.